The number of phenolic OH excluding ortho intramolecular Hbond substituents is 1. The molecule has 0 amide bonds. The fourth-order valence-electron chi connectivity index (χ4n) is 1.81. The SMILES string of the molecule is Oc1ccc(-c2nc(-c3cc(F)cc(Br)c3)no2)c(F)c1. The van der Waals surface area contributed by atoms with Crippen molar-refractivity contribution in [2.45, 2.75) is 0 Å². The van der Waals surface area contributed by atoms with Crippen molar-refractivity contribution in [2.75, 3.05) is 0 Å². The summed E-state index contributed by atoms with van der Waals surface area (Å²) in [6.45, 7) is 0. The fraction of sp³-hybridized carbons (Fsp3) is 0. The van der Waals surface area contributed by atoms with E-state index in [2.05, 4.69) is 26.1 Å². The average Bonchev–Trinajstić information content (AvgIpc) is 2.87. The second kappa shape index (κ2) is 5.25. The first kappa shape index (κ1) is 13.7. The molecule has 0 unspecified atom stereocenters. The molecular weight excluding hydrogens is 346 g/mol. The Balaban J connectivity index is 2.03. The summed E-state index contributed by atoms with van der Waals surface area (Å²) in [7, 11) is 0. The maximum atomic E-state index is 13.7. The van der Waals surface area contributed by atoms with Gasteiger partial charge in [-0.2, -0.15) is 4.98 Å². The lowest BCUT2D eigenvalue weighted by molar-refractivity contribution is 0.428. The van der Waals surface area contributed by atoms with Crippen LogP contribution in [0.2, 0.25) is 0 Å². The van der Waals surface area contributed by atoms with Crippen LogP contribution < -0.4 is 0 Å². The average molecular weight is 353 g/mol. The molecule has 0 aliphatic rings. The van der Waals surface area contributed by atoms with Gasteiger partial charge in [0.2, 0.25) is 5.82 Å². The third-order valence-electron chi connectivity index (χ3n) is 2.73. The number of hydrogen-bond acceptors (Lipinski definition) is 4. The molecule has 0 aliphatic carbocycles. The van der Waals surface area contributed by atoms with Crippen LogP contribution in [0.4, 0.5) is 8.78 Å². The molecule has 0 bridgehead atoms. The van der Waals surface area contributed by atoms with Crippen LogP contribution in [0.3, 0.4) is 0 Å². The van der Waals surface area contributed by atoms with E-state index in [1.165, 1.54) is 24.3 Å². The zero-order valence-corrected chi connectivity index (χ0v) is 11.9. The first-order valence-corrected chi connectivity index (χ1v) is 6.61. The molecule has 1 heterocycles. The van der Waals surface area contributed by atoms with Gasteiger partial charge >= 0.3 is 0 Å². The lowest BCUT2D eigenvalue weighted by atomic mass is 10.2. The highest BCUT2D eigenvalue weighted by Crippen LogP contribution is 2.28. The van der Waals surface area contributed by atoms with Crippen LogP contribution in [0.5, 0.6) is 5.75 Å². The first-order valence-electron chi connectivity index (χ1n) is 5.82. The number of benzene rings is 2. The highest BCUT2D eigenvalue weighted by molar-refractivity contribution is 9.10. The van der Waals surface area contributed by atoms with E-state index < -0.39 is 11.6 Å². The summed E-state index contributed by atoms with van der Waals surface area (Å²) in [6.07, 6.45) is 0. The van der Waals surface area contributed by atoms with Gasteiger partial charge in [0.05, 0.1) is 5.56 Å². The van der Waals surface area contributed by atoms with E-state index in [9.17, 15) is 13.9 Å². The predicted molar refractivity (Wildman–Crippen MR) is 74.5 cm³/mol. The summed E-state index contributed by atoms with van der Waals surface area (Å²) < 4.78 is 32.6. The molecule has 2 aromatic carbocycles. The van der Waals surface area contributed by atoms with E-state index >= 15 is 0 Å². The summed E-state index contributed by atoms with van der Waals surface area (Å²) in [6, 6.07) is 7.73. The van der Waals surface area contributed by atoms with Gasteiger partial charge in [0.1, 0.15) is 17.4 Å². The summed E-state index contributed by atoms with van der Waals surface area (Å²) in [5.74, 6) is -1.27. The Bertz CT molecular complexity index is 800. The second-order valence-corrected chi connectivity index (χ2v) is 5.16. The highest BCUT2D eigenvalue weighted by atomic mass is 79.9. The lowest BCUT2D eigenvalue weighted by Gasteiger charge is -1.98. The van der Waals surface area contributed by atoms with Crippen LogP contribution in [0.15, 0.2) is 45.4 Å². The number of rotatable bonds is 2. The van der Waals surface area contributed by atoms with Crippen molar-refractivity contribution in [2.24, 2.45) is 0 Å². The van der Waals surface area contributed by atoms with Gasteiger partial charge in [-0.3, -0.25) is 0 Å². The summed E-state index contributed by atoms with van der Waals surface area (Å²) >= 11 is 3.17. The molecule has 0 atom stereocenters. The quantitative estimate of drug-likeness (QED) is 0.752. The van der Waals surface area contributed by atoms with Crippen LogP contribution in [-0.2, 0) is 0 Å². The molecular formula is C14H7BrF2N2O2. The third kappa shape index (κ3) is 2.78. The lowest BCUT2D eigenvalue weighted by Crippen LogP contribution is -1.86. The van der Waals surface area contributed by atoms with Crippen molar-refractivity contribution >= 4 is 15.9 Å². The Morgan fingerprint density at radius 1 is 1.10 bits per heavy atom. The Hall–Kier alpha value is -2.28. The largest absolute Gasteiger partial charge is 0.508 e. The molecule has 3 aromatic rings. The molecule has 106 valence electrons. The number of halogens is 3. The van der Waals surface area contributed by atoms with Crippen LogP contribution >= 0.6 is 15.9 Å². The number of hydrogen-bond donors (Lipinski definition) is 1. The van der Waals surface area contributed by atoms with Crippen LogP contribution in [0, 0.1) is 11.6 Å². The van der Waals surface area contributed by atoms with Gasteiger partial charge in [-0.15, -0.1) is 0 Å². The first-order chi connectivity index (χ1) is 10.0. The molecule has 1 aromatic heterocycles. The molecule has 0 fully saturated rings. The van der Waals surface area contributed by atoms with Crippen molar-refractivity contribution in [1.29, 1.82) is 0 Å². The number of phenols is 1. The molecule has 7 heteroatoms. The normalized spacial score (nSPS) is 10.8. The molecule has 1 N–H and O–H groups in total. The van der Waals surface area contributed by atoms with Gasteiger partial charge in [0.25, 0.3) is 5.89 Å². The zero-order chi connectivity index (χ0) is 15.0. The molecule has 0 saturated carbocycles. The summed E-state index contributed by atoms with van der Waals surface area (Å²) in [5, 5.41) is 12.9. The summed E-state index contributed by atoms with van der Waals surface area (Å²) in [5.41, 5.74) is 0.457. The van der Waals surface area contributed by atoms with Gasteiger partial charge in [-0.1, -0.05) is 21.1 Å². The second-order valence-electron chi connectivity index (χ2n) is 4.25. The van der Waals surface area contributed by atoms with Gasteiger partial charge in [-0.25, -0.2) is 8.78 Å². The Morgan fingerprint density at radius 3 is 2.62 bits per heavy atom. The van der Waals surface area contributed by atoms with Crippen molar-refractivity contribution < 1.29 is 18.4 Å². The van der Waals surface area contributed by atoms with E-state index in [-0.39, 0.29) is 23.0 Å². The molecule has 0 spiro atoms. The van der Waals surface area contributed by atoms with Gasteiger partial charge in [0, 0.05) is 16.1 Å². The topological polar surface area (TPSA) is 59.2 Å². The minimum absolute atomic E-state index is 0.0529. The van der Waals surface area contributed by atoms with Crippen molar-refractivity contribution in [3.05, 3.63) is 52.5 Å². The minimum Gasteiger partial charge on any atom is -0.508 e. The fourth-order valence-corrected chi connectivity index (χ4v) is 2.28. The van der Waals surface area contributed by atoms with E-state index in [1.54, 1.807) is 6.07 Å². The molecule has 4 nitrogen and oxygen atoms in total. The number of aromatic nitrogens is 2. The standard InChI is InChI=1S/C14H7BrF2N2O2/c15-8-3-7(4-9(16)5-8)13-18-14(21-19-13)11-2-1-10(20)6-12(11)17/h1-6,20H. The van der Waals surface area contributed by atoms with Crippen LogP contribution in [0.25, 0.3) is 22.8 Å². The molecule has 0 radical (unpaired) electrons. The Kier molecular flexibility index (Phi) is 3.42. The van der Waals surface area contributed by atoms with Crippen LogP contribution in [0.1, 0.15) is 0 Å². The zero-order valence-electron chi connectivity index (χ0n) is 10.3. The third-order valence-corrected chi connectivity index (χ3v) is 3.19. The smallest absolute Gasteiger partial charge is 0.261 e. The monoisotopic (exact) mass is 352 g/mol. The molecule has 0 saturated heterocycles. The van der Waals surface area contributed by atoms with Gasteiger partial charge in [-0.05, 0) is 30.3 Å². The minimum atomic E-state index is -0.689. The molecule has 0 aliphatic heterocycles. The van der Waals surface area contributed by atoms with Crippen molar-refractivity contribution in [3.63, 3.8) is 0 Å². The van der Waals surface area contributed by atoms with Crippen molar-refractivity contribution in [3.8, 4) is 28.6 Å². The van der Waals surface area contributed by atoms with E-state index in [4.69, 9.17) is 4.52 Å². The Labute approximate surface area is 126 Å². The molecule has 3 rings (SSSR count). The maximum absolute atomic E-state index is 13.7. The number of aromatic hydroxyl groups is 1. The maximum Gasteiger partial charge on any atom is 0.261 e. The summed E-state index contributed by atoms with van der Waals surface area (Å²) in [4.78, 5) is 4.04. The highest BCUT2D eigenvalue weighted by Gasteiger charge is 2.15. The number of nitrogens with zero attached hydrogens (tertiary/aromatic N) is 2. The predicted octanol–water partition coefficient (Wildman–Crippen LogP) is 4.15. The van der Waals surface area contributed by atoms with E-state index in [0.29, 0.717) is 10.0 Å². The van der Waals surface area contributed by atoms with E-state index in [0.717, 1.165) is 6.07 Å². The van der Waals surface area contributed by atoms with Crippen molar-refractivity contribution in [1.82, 2.24) is 10.1 Å². The molecule has 21 heavy (non-hydrogen) atoms. The Morgan fingerprint density at radius 2 is 1.90 bits per heavy atom. The van der Waals surface area contributed by atoms with E-state index in [1.807, 2.05) is 0 Å². The van der Waals surface area contributed by atoms with Gasteiger partial charge < -0.3 is 9.63 Å². The van der Waals surface area contributed by atoms with Gasteiger partial charge in [0.15, 0.2) is 0 Å². The van der Waals surface area contributed by atoms with Crippen LogP contribution in [-0.4, -0.2) is 15.2 Å².